The van der Waals surface area contributed by atoms with Gasteiger partial charge in [-0.05, 0) is 16.2 Å². The molecule has 0 unspecified atom stereocenters. The van der Waals surface area contributed by atoms with Crippen LogP contribution >= 0.6 is 0 Å². The molecule has 2 aromatic rings. The molecule has 2 rings (SSSR count). The molecule has 1 aromatic heterocycles. The second-order valence-corrected chi connectivity index (χ2v) is 3.43. The zero-order valence-electron chi connectivity index (χ0n) is 9.80. The van der Waals surface area contributed by atoms with Crippen molar-refractivity contribution in [3.63, 3.8) is 0 Å². The molecule has 0 amide bonds. The quantitative estimate of drug-likeness (QED) is 0.356. The van der Waals surface area contributed by atoms with E-state index in [9.17, 15) is 0 Å². The van der Waals surface area contributed by atoms with Crippen molar-refractivity contribution in [1.82, 2.24) is 14.9 Å². The van der Waals surface area contributed by atoms with Crippen molar-refractivity contribution in [3.05, 3.63) is 52.2 Å². The molecular formula is C11H11N7. The molecule has 90 valence electrons. The van der Waals surface area contributed by atoms with Crippen molar-refractivity contribution in [2.45, 2.75) is 13.3 Å². The van der Waals surface area contributed by atoms with E-state index < -0.39 is 0 Å². The molecule has 0 N–H and O–H groups in total. The summed E-state index contributed by atoms with van der Waals surface area (Å²) in [7, 11) is 0. The lowest BCUT2D eigenvalue weighted by Gasteiger charge is -1.98. The van der Waals surface area contributed by atoms with Crippen LogP contribution in [0, 0.1) is 0 Å². The van der Waals surface area contributed by atoms with Crippen LogP contribution in [-0.2, 0) is 6.42 Å². The van der Waals surface area contributed by atoms with Crippen LogP contribution in [0.25, 0.3) is 10.4 Å². The minimum atomic E-state index is 0.140. The molecule has 0 radical (unpaired) electrons. The molecule has 7 heteroatoms. The molecule has 0 aliphatic rings. The highest BCUT2D eigenvalue weighted by atomic mass is 15.5. The fourth-order valence-electron chi connectivity index (χ4n) is 1.41. The first-order valence-electron chi connectivity index (χ1n) is 5.44. The lowest BCUT2D eigenvalue weighted by atomic mass is 10.2. The Kier molecular flexibility index (Phi) is 3.68. The Morgan fingerprint density at radius 3 is 2.78 bits per heavy atom. The molecule has 7 nitrogen and oxygen atoms in total. The van der Waals surface area contributed by atoms with Gasteiger partial charge >= 0.3 is 0 Å². The molecular weight excluding hydrogens is 230 g/mol. The van der Waals surface area contributed by atoms with E-state index in [4.69, 9.17) is 5.53 Å². The maximum absolute atomic E-state index is 8.44. The maximum atomic E-state index is 8.44. The molecule has 0 fully saturated rings. The minimum absolute atomic E-state index is 0.140. The molecule has 0 saturated heterocycles. The second kappa shape index (κ2) is 5.60. The van der Waals surface area contributed by atoms with Gasteiger partial charge in [-0.25, -0.2) is 0 Å². The number of azide groups is 1. The Hall–Kier alpha value is -2.66. The Morgan fingerprint density at radius 1 is 1.33 bits per heavy atom. The van der Waals surface area contributed by atoms with Crippen molar-refractivity contribution >= 4 is 12.2 Å². The van der Waals surface area contributed by atoms with Crippen molar-refractivity contribution in [2.75, 3.05) is 0 Å². The average molecular weight is 241 g/mol. The number of nitrogens with zero attached hydrogens (tertiary/aromatic N) is 7. The van der Waals surface area contributed by atoms with Gasteiger partial charge in [0, 0.05) is 11.3 Å². The summed E-state index contributed by atoms with van der Waals surface area (Å²) < 4.78 is 1.44. The molecule has 0 aliphatic carbocycles. The van der Waals surface area contributed by atoms with E-state index in [1.807, 2.05) is 37.3 Å². The number of hydrogen-bond acceptors (Lipinski definition) is 4. The third kappa shape index (κ3) is 2.53. The smallest absolute Gasteiger partial charge is 0.195 e. The van der Waals surface area contributed by atoms with Gasteiger partial charge in [0.25, 0.3) is 0 Å². The summed E-state index contributed by atoms with van der Waals surface area (Å²) in [6, 6.07) is 9.61. The van der Waals surface area contributed by atoms with Gasteiger partial charge in [0.2, 0.25) is 5.95 Å². The van der Waals surface area contributed by atoms with Crippen molar-refractivity contribution < 1.29 is 0 Å². The summed E-state index contributed by atoms with van der Waals surface area (Å²) in [6.07, 6.45) is 2.32. The van der Waals surface area contributed by atoms with Gasteiger partial charge < -0.3 is 0 Å². The summed E-state index contributed by atoms with van der Waals surface area (Å²) in [5, 5.41) is 15.3. The predicted molar refractivity (Wildman–Crippen MR) is 67.6 cm³/mol. The van der Waals surface area contributed by atoms with Gasteiger partial charge in [-0.1, -0.05) is 37.3 Å². The van der Waals surface area contributed by atoms with Crippen LogP contribution in [0.5, 0.6) is 0 Å². The molecule has 0 bridgehead atoms. The van der Waals surface area contributed by atoms with Crippen LogP contribution in [0.15, 0.2) is 40.5 Å². The topological polar surface area (TPSA) is 91.8 Å². The fourth-order valence-corrected chi connectivity index (χ4v) is 1.41. The zero-order chi connectivity index (χ0) is 12.8. The molecule has 0 aliphatic heterocycles. The van der Waals surface area contributed by atoms with Crippen molar-refractivity contribution in [2.24, 2.45) is 10.2 Å². The van der Waals surface area contributed by atoms with Crippen LogP contribution in [0.1, 0.15) is 18.3 Å². The van der Waals surface area contributed by atoms with Gasteiger partial charge in [0.05, 0.1) is 6.21 Å². The molecule has 0 saturated carbocycles. The van der Waals surface area contributed by atoms with Crippen LogP contribution in [-0.4, -0.2) is 21.1 Å². The highest BCUT2D eigenvalue weighted by Crippen LogP contribution is 2.11. The molecule has 0 spiro atoms. The number of benzene rings is 1. The Balaban J connectivity index is 2.35. The lowest BCUT2D eigenvalue weighted by Crippen LogP contribution is -1.96. The number of aromatic nitrogens is 3. The Morgan fingerprint density at radius 2 is 2.11 bits per heavy atom. The monoisotopic (exact) mass is 241 g/mol. The summed E-state index contributed by atoms with van der Waals surface area (Å²) in [4.78, 5) is 2.70. The van der Waals surface area contributed by atoms with Crippen LogP contribution in [0.2, 0.25) is 0 Å². The summed E-state index contributed by atoms with van der Waals surface area (Å²) in [5.41, 5.74) is 9.38. The maximum Gasteiger partial charge on any atom is 0.241 e. The van der Waals surface area contributed by atoms with E-state index in [-0.39, 0.29) is 5.95 Å². The molecule has 1 aromatic carbocycles. The SMILES string of the molecule is CCc1nnc(N=[N+]=[N-])n1/N=C/c1ccccc1. The van der Waals surface area contributed by atoms with Gasteiger partial charge in [0.1, 0.15) is 0 Å². The number of aryl methyl sites for hydroxylation is 1. The average Bonchev–Trinajstić information content (AvgIpc) is 2.80. The number of hydrogen-bond donors (Lipinski definition) is 0. The minimum Gasteiger partial charge on any atom is -0.195 e. The normalized spacial score (nSPS) is 10.5. The first-order valence-corrected chi connectivity index (χ1v) is 5.44. The van der Waals surface area contributed by atoms with E-state index in [0.29, 0.717) is 12.2 Å². The van der Waals surface area contributed by atoms with E-state index in [2.05, 4.69) is 25.3 Å². The molecule has 0 atom stereocenters. The third-order valence-electron chi connectivity index (χ3n) is 2.26. The van der Waals surface area contributed by atoms with Crippen LogP contribution in [0.3, 0.4) is 0 Å². The third-order valence-corrected chi connectivity index (χ3v) is 2.26. The summed E-state index contributed by atoms with van der Waals surface area (Å²) in [6.45, 7) is 1.93. The number of rotatable bonds is 4. The molecule has 1 heterocycles. The van der Waals surface area contributed by atoms with Gasteiger partial charge in [-0.15, -0.1) is 10.2 Å². The lowest BCUT2D eigenvalue weighted by molar-refractivity contribution is 0.788. The van der Waals surface area contributed by atoms with Crippen molar-refractivity contribution in [3.8, 4) is 0 Å². The second-order valence-electron chi connectivity index (χ2n) is 3.43. The van der Waals surface area contributed by atoms with Crippen LogP contribution in [0.4, 0.5) is 5.95 Å². The predicted octanol–water partition coefficient (Wildman–Crippen LogP) is 2.66. The van der Waals surface area contributed by atoms with E-state index in [1.54, 1.807) is 6.21 Å². The van der Waals surface area contributed by atoms with E-state index in [1.165, 1.54) is 4.68 Å². The van der Waals surface area contributed by atoms with E-state index >= 15 is 0 Å². The first-order chi connectivity index (χ1) is 8.85. The Bertz CT molecular complexity index is 593. The standard InChI is InChI=1S/C11H11N7/c1-2-10-14-15-11(16-17-12)18(10)13-8-9-6-4-3-5-7-9/h3-8H,2H2,1H3/b13-8+. The van der Waals surface area contributed by atoms with Crippen molar-refractivity contribution in [1.29, 1.82) is 0 Å². The summed E-state index contributed by atoms with van der Waals surface area (Å²) >= 11 is 0. The van der Waals surface area contributed by atoms with Gasteiger partial charge in [-0.2, -0.15) is 9.78 Å². The van der Waals surface area contributed by atoms with Crippen LogP contribution < -0.4 is 0 Å². The largest absolute Gasteiger partial charge is 0.241 e. The van der Waals surface area contributed by atoms with Gasteiger partial charge in [-0.3, -0.25) is 0 Å². The highest BCUT2D eigenvalue weighted by molar-refractivity contribution is 5.79. The Labute approximate surface area is 103 Å². The van der Waals surface area contributed by atoms with E-state index in [0.717, 1.165) is 5.56 Å². The van der Waals surface area contributed by atoms with Gasteiger partial charge in [0.15, 0.2) is 5.82 Å². The summed E-state index contributed by atoms with van der Waals surface area (Å²) in [5.74, 6) is 0.783. The molecule has 18 heavy (non-hydrogen) atoms. The zero-order valence-corrected chi connectivity index (χ0v) is 9.80. The fraction of sp³-hybridized carbons (Fsp3) is 0.182. The highest BCUT2D eigenvalue weighted by Gasteiger charge is 2.07. The first kappa shape index (κ1) is 11.8.